The van der Waals surface area contributed by atoms with Gasteiger partial charge in [0.25, 0.3) is 0 Å². The third-order valence-corrected chi connectivity index (χ3v) is 2.34. The number of anilines is 1. The lowest BCUT2D eigenvalue weighted by atomic mass is 10.2. The van der Waals surface area contributed by atoms with Gasteiger partial charge in [0.15, 0.2) is 0 Å². The van der Waals surface area contributed by atoms with Crippen molar-refractivity contribution in [2.75, 3.05) is 5.32 Å². The van der Waals surface area contributed by atoms with Crippen LogP contribution in [0, 0.1) is 0 Å². The zero-order valence-electron chi connectivity index (χ0n) is 9.70. The lowest BCUT2D eigenvalue weighted by Gasteiger charge is -2.04. The summed E-state index contributed by atoms with van der Waals surface area (Å²) in [6.45, 7) is 2.59. The van der Waals surface area contributed by atoms with Gasteiger partial charge in [-0.25, -0.2) is 4.98 Å². The van der Waals surface area contributed by atoms with Crippen LogP contribution in [-0.2, 0) is 11.3 Å². The molecule has 0 saturated carbocycles. The fourth-order valence-corrected chi connectivity index (χ4v) is 1.36. The van der Waals surface area contributed by atoms with Crippen LogP contribution in [-0.4, -0.2) is 10.9 Å². The molecule has 4 heteroatoms. The Bertz CT molecular complexity index is 322. The van der Waals surface area contributed by atoms with Gasteiger partial charge < -0.3 is 11.1 Å². The van der Waals surface area contributed by atoms with Gasteiger partial charge in [-0.05, 0) is 18.1 Å². The van der Waals surface area contributed by atoms with Gasteiger partial charge in [-0.1, -0.05) is 25.8 Å². The third kappa shape index (κ3) is 4.40. The van der Waals surface area contributed by atoms with Gasteiger partial charge >= 0.3 is 0 Å². The van der Waals surface area contributed by atoms with E-state index >= 15 is 0 Å². The van der Waals surface area contributed by atoms with E-state index in [1.165, 1.54) is 0 Å². The fourth-order valence-electron chi connectivity index (χ4n) is 1.36. The number of unbranched alkanes of at least 4 members (excludes halogenated alkanes) is 2. The first-order valence-electron chi connectivity index (χ1n) is 5.71. The summed E-state index contributed by atoms with van der Waals surface area (Å²) in [6, 6.07) is 3.65. The van der Waals surface area contributed by atoms with Crippen molar-refractivity contribution in [1.82, 2.24) is 4.98 Å². The largest absolute Gasteiger partial charge is 0.326 e. The number of nitrogens with one attached hydrogen (secondary N) is 1. The molecule has 0 aliphatic rings. The van der Waals surface area contributed by atoms with Crippen LogP contribution in [0.2, 0.25) is 0 Å². The van der Waals surface area contributed by atoms with Gasteiger partial charge in [0.1, 0.15) is 5.82 Å². The molecule has 0 spiro atoms. The van der Waals surface area contributed by atoms with E-state index in [1.807, 2.05) is 6.07 Å². The average Bonchev–Trinajstić information content (AvgIpc) is 2.30. The highest BCUT2D eigenvalue weighted by Crippen LogP contribution is 2.06. The van der Waals surface area contributed by atoms with Crippen LogP contribution in [0.3, 0.4) is 0 Å². The fraction of sp³-hybridized carbons (Fsp3) is 0.500. The molecule has 0 bridgehead atoms. The monoisotopic (exact) mass is 221 g/mol. The van der Waals surface area contributed by atoms with E-state index in [0.717, 1.165) is 24.8 Å². The maximum atomic E-state index is 11.5. The van der Waals surface area contributed by atoms with Crippen molar-refractivity contribution in [3.05, 3.63) is 23.9 Å². The molecule has 1 amide bonds. The first-order chi connectivity index (χ1) is 7.76. The van der Waals surface area contributed by atoms with Crippen LogP contribution < -0.4 is 11.1 Å². The average molecular weight is 221 g/mol. The molecule has 16 heavy (non-hydrogen) atoms. The van der Waals surface area contributed by atoms with Crippen molar-refractivity contribution in [1.29, 1.82) is 0 Å². The Balaban J connectivity index is 2.37. The standard InChI is InChI=1S/C12H19N3O/c1-2-3-4-5-12(16)15-11-7-6-10(8-13)9-14-11/h6-7,9H,2-5,8,13H2,1H3,(H,14,15,16). The zero-order chi connectivity index (χ0) is 11.8. The lowest BCUT2D eigenvalue weighted by Crippen LogP contribution is -2.12. The van der Waals surface area contributed by atoms with Crippen molar-refractivity contribution in [2.45, 2.75) is 39.2 Å². The van der Waals surface area contributed by atoms with Crippen molar-refractivity contribution in [3.63, 3.8) is 0 Å². The summed E-state index contributed by atoms with van der Waals surface area (Å²) < 4.78 is 0. The number of nitrogens with zero attached hydrogens (tertiary/aromatic N) is 1. The number of nitrogens with two attached hydrogens (primary N) is 1. The number of hydrogen-bond donors (Lipinski definition) is 2. The minimum atomic E-state index is 0.0291. The van der Waals surface area contributed by atoms with Crippen LogP contribution in [0.25, 0.3) is 0 Å². The summed E-state index contributed by atoms with van der Waals surface area (Å²) >= 11 is 0. The van der Waals surface area contributed by atoms with Crippen molar-refractivity contribution < 1.29 is 4.79 Å². The molecule has 4 nitrogen and oxygen atoms in total. The Kier molecular flexibility index (Phi) is 5.50. The molecule has 0 aliphatic heterocycles. The number of carbonyl (C=O) groups excluding carboxylic acids is 1. The Labute approximate surface area is 96.3 Å². The SMILES string of the molecule is CCCCCC(=O)Nc1ccc(CN)cn1. The van der Waals surface area contributed by atoms with E-state index in [2.05, 4.69) is 17.2 Å². The van der Waals surface area contributed by atoms with Crippen LogP contribution in [0.4, 0.5) is 5.82 Å². The van der Waals surface area contributed by atoms with Crippen LogP contribution in [0.5, 0.6) is 0 Å². The van der Waals surface area contributed by atoms with E-state index in [0.29, 0.717) is 18.8 Å². The molecule has 0 fully saturated rings. The quantitative estimate of drug-likeness (QED) is 0.722. The Morgan fingerprint density at radius 2 is 2.25 bits per heavy atom. The topological polar surface area (TPSA) is 68.0 Å². The van der Waals surface area contributed by atoms with Crippen LogP contribution in [0.15, 0.2) is 18.3 Å². The maximum Gasteiger partial charge on any atom is 0.225 e. The molecule has 0 saturated heterocycles. The molecule has 0 radical (unpaired) electrons. The number of pyridine rings is 1. The summed E-state index contributed by atoms with van der Waals surface area (Å²) in [5, 5.41) is 2.76. The van der Waals surface area contributed by atoms with Gasteiger partial charge in [0, 0.05) is 19.2 Å². The molecule has 1 aromatic heterocycles. The summed E-state index contributed by atoms with van der Waals surface area (Å²) in [5.74, 6) is 0.625. The first kappa shape index (κ1) is 12.6. The molecule has 1 aromatic rings. The predicted molar refractivity (Wildman–Crippen MR) is 64.9 cm³/mol. The van der Waals surface area contributed by atoms with E-state index in [1.54, 1.807) is 12.3 Å². The lowest BCUT2D eigenvalue weighted by molar-refractivity contribution is -0.116. The molecule has 0 atom stereocenters. The van der Waals surface area contributed by atoms with Crippen molar-refractivity contribution in [3.8, 4) is 0 Å². The molecular formula is C12H19N3O. The van der Waals surface area contributed by atoms with Gasteiger partial charge in [-0.15, -0.1) is 0 Å². The molecule has 0 unspecified atom stereocenters. The van der Waals surface area contributed by atoms with Crippen LogP contribution in [0.1, 0.15) is 38.2 Å². The Morgan fingerprint density at radius 1 is 1.44 bits per heavy atom. The molecule has 1 heterocycles. The number of hydrogen-bond acceptors (Lipinski definition) is 3. The van der Waals surface area contributed by atoms with Gasteiger partial charge in [0.2, 0.25) is 5.91 Å². The van der Waals surface area contributed by atoms with Gasteiger partial charge in [-0.3, -0.25) is 4.79 Å². The first-order valence-corrected chi connectivity index (χ1v) is 5.71. The summed E-state index contributed by atoms with van der Waals surface area (Å²) in [6.07, 6.45) is 5.39. The van der Waals surface area contributed by atoms with Crippen molar-refractivity contribution >= 4 is 11.7 Å². The van der Waals surface area contributed by atoms with Crippen molar-refractivity contribution in [2.24, 2.45) is 5.73 Å². The van der Waals surface area contributed by atoms with Gasteiger partial charge in [0.05, 0.1) is 0 Å². The van der Waals surface area contributed by atoms with E-state index in [4.69, 9.17) is 5.73 Å². The molecule has 3 N–H and O–H groups in total. The summed E-state index contributed by atoms with van der Waals surface area (Å²) in [7, 11) is 0. The molecular weight excluding hydrogens is 202 g/mol. The number of aromatic nitrogens is 1. The maximum absolute atomic E-state index is 11.5. The van der Waals surface area contributed by atoms with E-state index in [-0.39, 0.29) is 5.91 Å². The number of carbonyl (C=O) groups is 1. The second-order valence-electron chi connectivity index (χ2n) is 3.76. The summed E-state index contributed by atoms with van der Waals surface area (Å²) in [5.41, 5.74) is 6.42. The second kappa shape index (κ2) is 6.95. The highest BCUT2D eigenvalue weighted by molar-refractivity contribution is 5.89. The molecule has 0 aliphatic carbocycles. The predicted octanol–water partition coefficient (Wildman–Crippen LogP) is 2.06. The smallest absolute Gasteiger partial charge is 0.225 e. The van der Waals surface area contributed by atoms with Gasteiger partial charge in [-0.2, -0.15) is 0 Å². The normalized spacial score (nSPS) is 10.1. The summed E-state index contributed by atoms with van der Waals surface area (Å²) in [4.78, 5) is 15.6. The zero-order valence-corrected chi connectivity index (χ0v) is 9.70. The number of amides is 1. The minimum Gasteiger partial charge on any atom is -0.326 e. The Hall–Kier alpha value is -1.42. The number of rotatable bonds is 6. The second-order valence-corrected chi connectivity index (χ2v) is 3.76. The van der Waals surface area contributed by atoms with E-state index < -0.39 is 0 Å². The van der Waals surface area contributed by atoms with E-state index in [9.17, 15) is 4.79 Å². The highest BCUT2D eigenvalue weighted by atomic mass is 16.1. The third-order valence-electron chi connectivity index (χ3n) is 2.34. The minimum absolute atomic E-state index is 0.0291. The Morgan fingerprint density at radius 3 is 2.81 bits per heavy atom. The van der Waals surface area contributed by atoms with Crippen LogP contribution >= 0.6 is 0 Å². The molecule has 0 aromatic carbocycles. The molecule has 1 rings (SSSR count). The molecule has 88 valence electrons. The highest BCUT2D eigenvalue weighted by Gasteiger charge is 2.02.